The summed E-state index contributed by atoms with van der Waals surface area (Å²) in [7, 11) is 0. The van der Waals surface area contributed by atoms with E-state index in [0.717, 1.165) is 11.1 Å². The summed E-state index contributed by atoms with van der Waals surface area (Å²) in [6.07, 6.45) is 0. The third-order valence-corrected chi connectivity index (χ3v) is 3.71. The first-order valence-electron chi connectivity index (χ1n) is 7.75. The number of hydrogen-bond donors (Lipinski definition) is 1. The summed E-state index contributed by atoms with van der Waals surface area (Å²) in [4.78, 5) is 23.7. The number of para-hydroxylation sites is 1. The first-order valence-corrected chi connectivity index (χ1v) is 8.12. The molecule has 6 nitrogen and oxygen atoms in total. The van der Waals surface area contributed by atoms with Crippen molar-refractivity contribution in [2.75, 3.05) is 18.5 Å². The highest BCUT2D eigenvalue weighted by Gasteiger charge is 2.13. The second kappa shape index (κ2) is 8.88. The monoisotopic (exact) mass is 372 g/mol. The molecule has 0 spiro atoms. The summed E-state index contributed by atoms with van der Waals surface area (Å²) < 4.78 is 10.1. The number of aryl methyl sites for hydroxylation is 2. The lowest BCUT2D eigenvalue weighted by Gasteiger charge is -2.12. The van der Waals surface area contributed by atoms with E-state index in [-0.39, 0.29) is 5.75 Å². The van der Waals surface area contributed by atoms with Gasteiger partial charge in [0.2, 0.25) is 0 Å². The second-order valence-electron chi connectivity index (χ2n) is 5.54. The van der Waals surface area contributed by atoms with Gasteiger partial charge in [0.1, 0.15) is 11.8 Å². The molecule has 0 atom stereocenters. The van der Waals surface area contributed by atoms with Crippen LogP contribution in [0.15, 0.2) is 36.4 Å². The molecule has 0 unspecified atom stereocenters. The molecule has 0 fully saturated rings. The molecule has 0 radical (unpaired) electrons. The first-order chi connectivity index (χ1) is 12.4. The molecule has 0 heterocycles. The lowest BCUT2D eigenvalue weighted by Crippen LogP contribution is -2.24. The molecule has 134 valence electrons. The summed E-state index contributed by atoms with van der Waals surface area (Å²) in [6.45, 7) is 2.85. The number of esters is 1. The van der Waals surface area contributed by atoms with E-state index in [4.69, 9.17) is 26.3 Å². The molecule has 1 amide bonds. The lowest BCUT2D eigenvalue weighted by atomic mass is 10.1. The highest BCUT2D eigenvalue weighted by atomic mass is 35.5. The van der Waals surface area contributed by atoms with Gasteiger partial charge < -0.3 is 14.8 Å². The molecule has 0 aliphatic carbocycles. The van der Waals surface area contributed by atoms with Gasteiger partial charge >= 0.3 is 5.97 Å². The topological polar surface area (TPSA) is 88.4 Å². The molecule has 0 aliphatic heterocycles. The molecule has 0 aromatic heterocycles. The number of nitrogens with one attached hydrogen (secondary N) is 1. The Labute approximate surface area is 156 Å². The van der Waals surface area contributed by atoms with E-state index >= 15 is 0 Å². The summed E-state index contributed by atoms with van der Waals surface area (Å²) in [5, 5.41) is 12.0. The SMILES string of the molecule is Cc1cc(C)c(NC(=O)COC(=O)COc2ccccc2C#N)c(Cl)c1. The minimum Gasteiger partial charge on any atom is -0.481 e. The molecule has 0 bridgehead atoms. The van der Waals surface area contributed by atoms with Crippen LogP contribution < -0.4 is 10.1 Å². The van der Waals surface area contributed by atoms with Gasteiger partial charge in [0.05, 0.1) is 16.3 Å². The average molecular weight is 373 g/mol. The number of halogens is 1. The molecule has 1 N–H and O–H groups in total. The fraction of sp³-hybridized carbons (Fsp3) is 0.211. The Morgan fingerprint density at radius 2 is 1.92 bits per heavy atom. The Kier molecular flexibility index (Phi) is 6.59. The highest BCUT2D eigenvalue weighted by molar-refractivity contribution is 6.34. The summed E-state index contributed by atoms with van der Waals surface area (Å²) in [5.74, 6) is -0.956. The van der Waals surface area contributed by atoms with E-state index in [2.05, 4.69) is 5.32 Å². The van der Waals surface area contributed by atoms with Gasteiger partial charge in [0, 0.05) is 0 Å². The molecule has 26 heavy (non-hydrogen) atoms. The van der Waals surface area contributed by atoms with Gasteiger partial charge in [0.25, 0.3) is 5.91 Å². The van der Waals surface area contributed by atoms with Gasteiger partial charge in [-0.15, -0.1) is 0 Å². The summed E-state index contributed by atoms with van der Waals surface area (Å²) >= 11 is 6.12. The highest BCUT2D eigenvalue weighted by Crippen LogP contribution is 2.27. The number of hydrogen-bond acceptors (Lipinski definition) is 5. The van der Waals surface area contributed by atoms with Crippen LogP contribution in [-0.4, -0.2) is 25.1 Å². The number of carbonyl (C=O) groups is 2. The number of ether oxygens (including phenoxy) is 2. The first kappa shape index (κ1) is 19.3. The van der Waals surface area contributed by atoms with Gasteiger partial charge in [-0.3, -0.25) is 4.79 Å². The maximum absolute atomic E-state index is 12.0. The van der Waals surface area contributed by atoms with E-state index in [9.17, 15) is 9.59 Å². The Morgan fingerprint density at radius 1 is 1.19 bits per heavy atom. The van der Waals surface area contributed by atoms with Crippen molar-refractivity contribution in [3.63, 3.8) is 0 Å². The number of nitrogens with zero attached hydrogens (tertiary/aromatic N) is 1. The van der Waals surface area contributed by atoms with E-state index in [0.29, 0.717) is 16.3 Å². The van der Waals surface area contributed by atoms with E-state index in [1.165, 1.54) is 0 Å². The molecule has 2 aromatic rings. The number of amides is 1. The van der Waals surface area contributed by atoms with Gasteiger partial charge in [0.15, 0.2) is 13.2 Å². The minimum absolute atomic E-state index is 0.276. The van der Waals surface area contributed by atoms with Gasteiger partial charge in [-0.1, -0.05) is 29.8 Å². The fourth-order valence-electron chi connectivity index (χ4n) is 2.26. The van der Waals surface area contributed by atoms with Crippen LogP contribution in [0.4, 0.5) is 5.69 Å². The van der Waals surface area contributed by atoms with Crippen molar-refractivity contribution in [3.05, 3.63) is 58.1 Å². The van der Waals surface area contributed by atoms with Gasteiger partial charge in [-0.05, 0) is 43.2 Å². The van der Waals surface area contributed by atoms with E-state index < -0.39 is 25.1 Å². The van der Waals surface area contributed by atoms with Crippen LogP contribution >= 0.6 is 11.6 Å². The van der Waals surface area contributed by atoms with Crippen LogP contribution in [0.2, 0.25) is 5.02 Å². The van der Waals surface area contributed by atoms with Crippen molar-refractivity contribution in [1.82, 2.24) is 0 Å². The quantitative estimate of drug-likeness (QED) is 0.785. The summed E-state index contributed by atoms with van der Waals surface area (Å²) in [6, 6.07) is 12.1. The third-order valence-electron chi connectivity index (χ3n) is 3.41. The molecule has 0 saturated heterocycles. The lowest BCUT2D eigenvalue weighted by molar-refractivity contribution is -0.149. The molecule has 0 aliphatic rings. The molecule has 7 heteroatoms. The van der Waals surface area contributed by atoms with Gasteiger partial charge in [-0.2, -0.15) is 5.26 Å². The molecular weight excluding hydrogens is 356 g/mol. The smallest absolute Gasteiger partial charge is 0.344 e. The molecular formula is C19H17ClN2O4. The second-order valence-corrected chi connectivity index (χ2v) is 5.95. The number of carbonyl (C=O) groups excluding carboxylic acids is 2. The maximum Gasteiger partial charge on any atom is 0.344 e. The summed E-state index contributed by atoms with van der Waals surface area (Å²) in [5.41, 5.74) is 2.58. The van der Waals surface area contributed by atoms with Crippen LogP contribution in [0.1, 0.15) is 16.7 Å². The largest absolute Gasteiger partial charge is 0.481 e. The number of nitriles is 1. The Bertz CT molecular complexity index is 851. The van der Waals surface area contributed by atoms with Crippen molar-refractivity contribution in [2.24, 2.45) is 0 Å². The van der Waals surface area contributed by atoms with Crippen LogP contribution in [-0.2, 0) is 14.3 Å². The number of rotatable bonds is 6. The maximum atomic E-state index is 12.0. The van der Waals surface area contributed by atoms with Crippen molar-refractivity contribution in [3.8, 4) is 11.8 Å². The third kappa shape index (κ3) is 5.23. The Morgan fingerprint density at radius 3 is 2.62 bits per heavy atom. The van der Waals surface area contributed by atoms with Crippen molar-refractivity contribution >= 4 is 29.2 Å². The molecule has 2 aromatic carbocycles. The fourth-order valence-corrected chi connectivity index (χ4v) is 2.63. The molecule has 2 rings (SSSR count). The predicted octanol–water partition coefficient (Wildman–Crippen LogP) is 3.39. The predicted molar refractivity (Wildman–Crippen MR) is 97.2 cm³/mol. The van der Waals surface area contributed by atoms with Crippen LogP contribution in [0.3, 0.4) is 0 Å². The van der Waals surface area contributed by atoms with E-state index in [1.54, 1.807) is 30.3 Å². The zero-order chi connectivity index (χ0) is 19.1. The zero-order valence-electron chi connectivity index (χ0n) is 14.3. The average Bonchev–Trinajstić information content (AvgIpc) is 2.61. The molecule has 0 saturated carbocycles. The van der Waals surface area contributed by atoms with Crippen molar-refractivity contribution < 1.29 is 19.1 Å². The normalized spacial score (nSPS) is 9.92. The standard InChI is InChI=1S/C19H17ClN2O4/c1-12-7-13(2)19(15(20)8-12)22-17(23)10-26-18(24)11-25-16-6-4-3-5-14(16)9-21/h3-8H,10-11H2,1-2H3,(H,22,23). The number of benzene rings is 2. The Hall–Kier alpha value is -3.04. The van der Waals surface area contributed by atoms with E-state index in [1.807, 2.05) is 26.0 Å². The minimum atomic E-state index is -0.723. The van der Waals surface area contributed by atoms with Crippen LogP contribution in [0.5, 0.6) is 5.75 Å². The van der Waals surface area contributed by atoms with Crippen LogP contribution in [0.25, 0.3) is 0 Å². The van der Waals surface area contributed by atoms with Gasteiger partial charge in [-0.25, -0.2) is 4.79 Å². The Balaban J connectivity index is 1.84. The van der Waals surface area contributed by atoms with Crippen LogP contribution in [0, 0.1) is 25.2 Å². The zero-order valence-corrected chi connectivity index (χ0v) is 15.1. The van der Waals surface area contributed by atoms with Crippen molar-refractivity contribution in [1.29, 1.82) is 5.26 Å². The number of anilines is 1. The van der Waals surface area contributed by atoms with Crippen molar-refractivity contribution in [2.45, 2.75) is 13.8 Å².